The van der Waals surface area contributed by atoms with Crippen molar-refractivity contribution in [1.82, 2.24) is 14.7 Å². The van der Waals surface area contributed by atoms with E-state index in [-0.39, 0.29) is 17.7 Å². The van der Waals surface area contributed by atoms with Crippen molar-refractivity contribution in [3.63, 3.8) is 0 Å². The largest absolute Gasteiger partial charge is 0.343 e. The van der Waals surface area contributed by atoms with Gasteiger partial charge in [-0.1, -0.05) is 30.3 Å². The molecule has 0 saturated heterocycles. The zero-order valence-corrected chi connectivity index (χ0v) is 19.2. The molecule has 33 heavy (non-hydrogen) atoms. The molecule has 0 radical (unpaired) electrons. The normalized spacial score (nSPS) is 10.5. The second kappa shape index (κ2) is 11.1. The van der Waals surface area contributed by atoms with Crippen molar-refractivity contribution < 1.29 is 14.4 Å². The molecule has 0 aliphatic rings. The summed E-state index contributed by atoms with van der Waals surface area (Å²) in [6.07, 6.45) is 0.957. The van der Waals surface area contributed by atoms with Gasteiger partial charge in [0.1, 0.15) is 5.82 Å². The third-order valence-electron chi connectivity index (χ3n) is 5.28. The van der Waals surface area contributed by atoms with E-state index in [1.165, 1.54) is 6.92 Å². The number of anilines is 2. The average Bonchev–Trinajstić information content (AvgIpc) is 3.17. The van der Waals surface area contributed by atoms with E-state index in [4.69, 9.17) is 0 Å². The molecule has 0 saturated carbocycles. The van der Waals surface area contributed by atoms with Gasteiger partial charge in [-0.25, -0.2) is 0 Å². The van der Waals surface area contributed by atoms with Gasteiger partial charge < -0.3 is 15.5 Å². The Morgan fingerprint density at radius 3 is 2.33 bits per heavy atom. The molecule has 0 spiro atoms. The van der Waals surface area contributed by atoms with E-state index in [0.29, 0.717) is 48.7 Å². The Morgan fingerprint density at radius 2 is 1.70 bits per heavy atom. The molecular formula is C25H29N5O3. The lowest BCUT2D eigenvalue weighted by Crippen LogP contribution is -2.30. The Hall–Kier alpha value is -3.94. The molecule has 3 rings (SSSR count). The second-order valence-corrected chi connectivity index (χ2v) is 7.69. The van der Waals surface area contributed by atoms with Crippen molar-refractivity contribution in [2.45, 2.75) is 26.7 Å². The molecule has 0 fully saturated rings. The van der Waals surface area contributed by atoms with Crippen LogP contribution in [0.5, 0.6) is 0 Å². The van der Waals surface area contributed by atoms with Crippen LogP contribution in [0.4, 0.5) is 11.5 Å². The number of benzene rings is 2. The number of nitrogens with one attached hydrogen (secondary N) is 2. The highest BCUT2D eigenvalue weighted by Gasteiger charge is 2.12. The predicted octanol–water partition coefficient (Wildman–Crippen LogP) is 3.93. The van der Waals surface area contributed by atoms with Gasteiger partial charge in [-0.3, -0.25) is 19.1 Å². The molecule has 0 aliphatic carbocycles. The maximum Gasteiger partial charge on any atom is 0.256 e. The Kier molecular flexibility index (Phi) is 7.96. The fraction of sp³-hybridized carbons (Fsp3) is 0.280. The van der Waals surface area contributed by atoms with Crippen LogP contribution in [0.3, 0.4) is 0 Å². The molecule has 3 amide bonds. The highest BCUT2D eigenvalue weighted by atomic mass is 16.2. The number of aromatic nitrogens is 2. The Morgan fingerprint density at radius 1 is 1.00 bits per heavy atom. The summed E-state index contributed by atoms with van der Waals surface area (Å²) >= 11 is 0. The monoisotopic (exact) mass is 447 g/mol. The van der Waals surface area contributed by atoms with Gasteiger partial charge in [0.15, 0.2) is 0 Å². The van der Waals surface area contributed by atoms with E-state index >= 15 is 0 Å². The first kappa shape index (κ1) is 23.7. The quantitative estimate of drug-likeness (QED) is 0.520. The molecule has 0 bridgehead atoms. The minimum atomic E-state index is -0.200. The van der Waals surface area contributed by atoms with Crippen molar-refractivity contribution in [1.29, 1.82) is 0 Å². The summed E-state index contributed by atoms with van der Waals surface area (Å²) in [5.41, 5.74) is 2.84. The molecule has 8 heteroatoms. The van der Waals surface area contributed by atoms with Gasteiger partial charge in [0.05, 0.1) is 5.69 Å². The summed E-state index contributed by atoms with van der Waals surface area (Å²) in [7, 11) is 1.77. The first-order valence-corrected chi connectivity index (χ1v) is 10.9. The highest BCUT2D eigenvalue weighted by Crippen LogP contribution is 2.23. The second-order valence-electron chi connectivity index (χ2n) is 7.69. The van der Waals surface area contributed by atoms with Crippen molar-refractivity contribution in [3.05, 3.63) is 66.2 Å². The fourth-order valence-electron chi connectivity index (χ4n) is 3.42. The smallest absolute Gasteiger partial charge is 0.256 e. The topological polar surface area (TPSA) is 96.3 Å². The number of nitrogens with zero attached hydrogens (tertiary/aromatic N) is 3. The molecule has 1 heterocycles. The van der Waals surface area contributed by atoms with Crippen molar-refractivity contribution >= 4 is 29.2 Å². The van der Waals surface area contributed by atoms with E-state index < -0.39 is 0 Å². The van der Waals surface area contributed by atoms with Gasteiger partial charge in [-0.2, -0.15) is 5.10 Å². The van der Waals surface area contributed by atoms with Crippen LogP contribution < -0.4 is 10.6 Å². The van der Waals surface area contributed by atoms with E-state index in [1.807, 2.05) is 55.5 Å². The van der Waals surface area contributed by atoms with Crippen LogP contribution in [0, 0.1) is 0 Å². The number of carbonyl (C=O) groups is 3. The lowest BCUT2D eigenvalue weighted by atomic mass is 10.1. The number of aryl methyl sites for hydroxylation is 1. The lowest BCUT2D eigenvalue weighted by Gasteiger charge is -2.18. The van der Waals surface area contributed by atoms with Gasteiger partial charge in [0.2, 0.25) is 11.8 Å². The summed E-state index contributed by atoms with van der Waals surface area (Å²) in [5, 5.41) is 10.2. The Balaban J connectivity index is 1.56. The van der Waals surface area contributed by atoms with Crippen LogP contribution in [0.25, 0.3) is 11.3 Å². The van der Waals surface area contributed by atoms with Gasteiger partial charge in [0.25, 0.3) is 5.91 Å². The molecule has 0 aliphatic heterocycles. The first-order chi connectivity index (χ1) is 15.9. The maximum atomic E-state index is 12.4. The summed E-state index contributed by atoms with van der Waals surface area (Å²) in [4.78, 5) is 37.8. The van der Waals surface area contributed by atoms with E-state index in [9.17, 15) is 14.4 Å². The van der Waals surface area contributed by atoms with Gasteiger partial charge in [0, 0.05) is 56.4 Å². The molecular weight excluding hydrogens is 418 g/mol. The maximum absolute atomic E-state index is 12.4. The number of carbonyl (C=O) groups excluding carboxylic acids is 3. The van der Waals surface area contributed by atoms with Gasteiger partial charge in [-0.15, -0.1) is 0 Å². The van der Waals surface area contributed by atoms with Gasteiger partial charge >= 0.3 is 0 Å². The summed E-state index contributed by atoms with van der Waals surface area (Å²) < 4.78 is 1.62. The van der Waals surface area contributed by atoms with E-state index in [1.54, 1.807) is 28.8 Å². The zero-order valence-electron chi connectivity index (χ0n) is 19.2. The van der Waals surface area contributed by atoms with Crippen LogP contribution in [0.1, 0.15) is 37.0 Å². The van der Waals surface area contributed by atoms with Crippen LogP contribution >= 0.6 is 0 Å². The summed E-state index contributed by atoms with van der Waals surface area (Å²) in [5.74, 6) is 0.313. The van der Waals surface area contributed by atoms with Crippen molar-refractivity contribution in [2.75, 3.05) is 23.7 Å². The van der Waals surface area contributed by atoms with Crippen LogP contribution in [0.15, 0.2) is 60.7 Å². The number of hydrogen-bond acceptors (Lipinski definition) is 4. The van der Waals surface area contributed by atoms with Gasteiger partial charge in [-0.05, 0) is 37.6 Å². The Bertz CT molecular complexity index is 1110. The zero-order chi connectivity index (χ0) is 23.8. The fourth-order valence-corrected chi connectivity index (χ4v) is 3.42. The molecule has 2 N–H and O–H groups in total. The highest BCUT2D eigenvalue weighted by molar-refractivity contribution is 6.04. The lowest BCUT2D eigenvalue weighted by molar-refractivity contribution is -0.129. The molecule has 1 aromatic heterocycles. The molecule has 0 unspecified atom stereocenters. The molecule has 8 nitrogen and oxygen atoms in total. The summed E-state index contributed by atoms with van der Waals surface area (Å²) in [6.45, 7) is 4.67. The standard InChI is InChI=1S/C25H29N5O3/c1-4-30(18(2)31)16-8-11-24(32)26-21-14-12-19(13-15-21)22-17-23(29(3)28-22)27-25(33)20-9-6-5-7-10-20/h5-7,9-10,12-15,17H,4,8,11,16H2,1-3H3,(H,26,32)(H,27,33). The third kappa shape index (κ3) is 6.52. The third-order valence-corrected chi connectivity index (χ3v) is 5.28. The van der Waals surface area contributed by atoms with Crippen molar-refractivity contribution in [3.8, 4) is 11.3 Å². The van der Waals surface area contributed by atoms with Crippen LogP contribution in [-0.4, -0.2) is 45.5 Å². The molecule has 0 atom stereocenters. The molecule has 172 valence electrons. The SMILES string of the molecule is CCN(CCCC(=O)Nc1ccc(-c2cc(NC(=O)c3ccccc3)n(C)n2)cc1)C(C)=O. The number of hydrogen-bond donors (Lipinski definition) is 2. The van der Waals surface area contributed by atoms with E-state index in [0.717, 1.165) is 5.56 Å². The average molecular weight is 448 g/mol. The predicted molar refractivity (Wildman–Crippen MR) is 129 cm³/mol. The first-order valence-electron chi connectivity index (χ1n) is 10.9. The minimum absolute atomic E-state index is 0.0193. The van der Waals surface area contributed by atoms with Crippen LogP contribution in [0.2, 0.25) is 0 Å². The number of rotatable bonds is 9. The number of amides is 3. The molecule has 3 aromatic rings. The van der Waals surface area contributed by atoms with Crippen LogP contribution in [-0.2, 0) is 16.6 Å². The molecule has 2 aromatic carbocycles. The minimum Gasteiger partial charge on any atom is -0.343 e. The van der Waals surface area contributed by atoms with E-state index in [2.05, 4.69) is 15.7 Å². The van der Waals surface area contributed by atoms with Crippen molar-refractivity contribution in [2.24, 2.45) is 7.05 Å². The Labute approximate surface area is 193 Å². The summed E-state index contributed by atoms with van der Waals surface area (Å²) in [6, 6.07) is 18.2.